The molecular weight excluding hydrogens is 214 g/mol. The number of rotatable bonds is 4. The molecule has 0 saturated heterocycles. The third-order valence-electron chi connectivity index (χ3n) is 2.37. The Morgan fingerprint density at radius 2 is 2.06 bits per heavy atom. The van der Waals surface area contributed by atoms with Crippen molar-refractivity contribution in [3.63, 3.8) is 0 Å². The summed E-state index contributed by atoms with van der Waals surface area (Å²) in [6, 6.07) is 5.97. The van der Waals surface area contributed by atoms with Crippen molar-refractivity contribution >= 4 is 5.97 Å². The third kappa shape index (κ3) is 4.98. The molecule has 0 bridgehead atoms. The topological polar surface area (TPSA) is 39.2 Å². The van der Waals surface area contributed by atoms with Crippen LogP contribution in [-0.4, -0.2) is 17.6 Å². The van der Waals surface area contributed by atoms with Gasteiger partial charge in [-0.05, 0) is 52.7 Å². The Hall–Kier alpha value is -1.38. The minimum Gasteiger partial charge on any atom is -0.465 e. The first-order valence-electron chi connectivity index (χ1n) is 5.99. The molecule has 1 heterocycles. The molecule has 0 unspecified atom stereocenters. The molecule has 0 aliphatic rings. The molecule has 0 aliphatic carbocycles. The second-order valence-electron chi connectivity index (χ2n) is 5.26. The van der Waals surface area contributed by atoms with E-state index in [1.165, 1.54) is 0 Å². The van der Waals surface area contributed by atoms with Crippen molar-refractivity contribution in [2.75, 3.05) is 6.61 Å². The first-order chi connectivity index (χ1) is 7.89. The second kappa shape index (κ2) is 5.80. The van der Waals surface area contributed by atoms with E-state index in [-0.39, 0.29) is 5.97 Å². The van der Waals surface area contributed by atoms with Gasteiger partial charge in [0, 0.05) is 11.4 Å². The van der Waals surface area contributed by atoms with Gasteiger partial charge in [0.15, 0.2) is 0 Å². The summed E-state index contributed by atoms with van der Waals surface area (Å²) in [4.78, 5) is 15.9. The molecule has 0 fully saturated rings. The molecule has 0 radical (unpaired) electrons. The highest BCUT2D eigenvalue weighted by molar-refractivity contribution is 5.75. The minimum atomic E-state index is -0.415. The number of carbonyl (C=O) groups excluding carboxylic acids is 1. The smallest absolute Gasteiger partial charge is 0.311 e. The standard InChI is InChI=1S/C14H21NO2/c1-11-7-5-8-12(15-11)9-6-10-17-13(16)14(2,3)4/h5,7-8H,6,9-10H2,1-4H3. The van der Waals surface area contributed by atoms with E-state index >= 15 is 0 Å². The number of aromatic nitrogens is 1. The number of aryl methyl sites for hydroxylation is 2. The van der Waals surface area contributed by atoms with Crippen LogP contribution in [0.5, 0.6) is 0 Å². The Morgan fingerprint density at radius 3 is 2.65 bits per heavy atom. The molecule has 0 aliphatic heterocycles. The largest absolute Gasteiger partial charge is 0.465 e. The summed E-state index contributed by atoms with van der Waals surface area (Å²) < 4.78 is 5.19. The van der Waals surface area contributed by atoms with E-state index in [1.54, 1.807) is 0 Å². The fourth-order valence-corrected chi connectivity index (χ4v) is 1.37. The monoisotopic (exact) mass is 235 g/mol. The van der Waals surface area contributed by atoms with Crippen LogP contribution in [0.4, 0.5) is 0 Å². The lowest BCUT2D eigenvalue weighted by molar-refractivity contribution is -0.153. The van der Waals surface area contributed by atoms with Gasteiger partial charge in [0.2, 0.25) is 0 Å². The Balaban J connectivity index is 2.28. The van der Waals surface area contributed by atoms with E-state index in [0.717, 1.165) is 24.2 Å². The van der Waals surface area contributed by atoms with Crippen LogP contribution >= 0.6 is 0 Å². The van der Waals surface area contributed by atoms with Crippen molar-refractivity contribution in [2.45, 2.75) is 40.5 Å². The summed E-state index contributed by atoms with van der Waals surface area (Å²) in [5.41, 5.74) is 1.66. The summed E-state index contributed by atoms with van der Waals surface area (Å²) in [6.07, 6.45) is 1.66. The lowest BCUT2D eigenvalue weighted by atomic mass is 9.97. The van der Waals surface area contributed by atoms with Crippen molar-refractivity contribution < 1.29 is 9.53 Å². The van der Waals surface area contributed by atoms with Gasteiger partial charge in [-0.3, -0.25) is 9.78 Å². The van der Waals surface area contributed by atoms with Gasteiger partial charge < -0.3 is 4.74 Å². The summed E-state index contributed by atoms with van der Waals surface area (Å²) in [7, 11) is 0. The predicted octanol–water partition coefficient (Wildman–Crippen LogP) is 2.91. The Labute approximate surface area is 103 Å². The van der Waals surface area contributed by atoms with Gasteiger partial charge in [-0.25, -0.2) is 0 Å². The van der Waals surface area contributed by atoms with Crippen LogP contribution in [-0.2, 0) is 16.0 Å². The zero-order valence-electron chi connectivity index (χ0n) is 11.1. The summed E-state index contributed by atoms with van der Waals surface area (Å²) in [5, 5.41) is 0. The van der Waals surface area contributed by atoms with Crippen LogP contribution in [0.15, 0.2) is 18.2 Å². The zero-order valence-corrected chi connectivity index (χ0v) is 11.1. The maximum Gasteiger partial charge on any atom is 0.311 e. The van der Waals surface area contributed by atoms with Crippen molar-refractivity contribution in [3.8, 4) is 0 Å². The molecule has 0 atom stereocenters. The number of pyridine rings is 1. The van der Waals surface area contributed by atoms with E-state index in [0.29, 0.717) is 6.61 Å². The minimum absolute atomic E-state index is 0.144. The molecule has 0 N–H and O–H groups in total. The van der Waals surface area contributed by atoms with Crippen molar-refractivity contribution in [2.24, 2.45) is 5.41 Å². The first kappa shape index (κ1) is 13.7. The Morgan fingerprint density at radius 1 is 1.35 bits per heavy atom. The lowest BCUT2D eigenvalue weighted by Crippen LogP contribution is -2.23. The fraction of sp³-hybridized carbons (Fsp3) is 0.571. The van der Waals surface area contributed by atoms with Crippen LogP contribution in [0.2, 0.25) is 0 Å². The van der Waals surface area contributed by atoms with Crippen LogP contribution in [0.25, 0.3) is 0 Å². The molecule has 0 amide bonds. The number of ether oxygens (including phenoxy) is 1. The highest BCUT2D eigenvalue weighted by Gasteiger charge is 2.22. The quantitative estimate of drug-likeness (QED) is 0.595. The van der Waals surface area contributed by atoms with Crippen LogP contribution in [0.1, 0.15) is 38.6 Å². The SMILES string of the molecule is Cc1cccc(CCCOC(=O)C(C)(C)C)n1. The van der Waals surface area contributed by atoms with Crippen molar-refractivity contribution in [1.82, 2.24) is 4.98 Å². The first-order valence-corrected chi connectivity index (χ1v) is 5.99. The average Bonchev–Trinajstić information content (AvgIpc) is 2.23. The van der Waals surface area contributed by atoms with Crippen molar-refractivity contribution in [1.29, 1.82) is 0 Å². The van der Waals surface area contributed by atoms with E-state index in [4.69, 9.17) is 4.74 Å². The molecule has 0 spiro atoms. The number of hydrogen-bond donors (Lipinski definition) is 0. The maximum atomic E-state index is 11.5. The second-order valence-corrected chi connectivity index (χ2v) is 5.26. The fourth-order valence-electron chi connectivity index (χ4n) is 1.37. The van der Waals surface area contributed by atoms with Gasteiger partial charge in [0.25, 0.3) is 0 Å². The summed E-state index contributed by atoms with van der Waals surface area (Å²) >= 11 is 0. The Bertz CT molecular complexity index is 380. The van der Waals surface area contributed by atoms with Gasteiger partial charge in [-0.15, -0.1) is 0 Å². The van der Waals surface area contributed by atoms with Gasteiger partial charge in [-0.2, -0.15) is 0 Å². The summed E-state index contributed by atoms with van der Waals surface area (Å²) in [6.45, 7) is 8.02. The lowest BCUT2D eigenvalue weighted by Gasteiger charge is -2.16. The third-order valence-corrected chi connectivity index (χ3v) is 2.37. The van der Waals surface area contributed by atoms with E-state index in [2.05, 4.69) is 4.98 Å². The molecule has 1 aromatic rings. The van der Waals surface area contributed by atoms with E-state index in [1.807, 2.05) is 45.9 Å². The van der Waals surface area contributed by atoms with Gasteiger partial charge in [0.05, 0.1) is 12.0 Å². The van der Waals surface area contributed by atoms with E-state index in [9.17, 15) is 4.79 Å². The molecule has 1 rings (SSSR count). The Kier molecular flexibility index (Phi) is 4.67. The number of hydrogen-bond acceptors (Lipinski definition) is 3. The van der Waals surface area contributed by atoms with Crippen LogP contribution in [0.3, 0.4) is 0 Å². The number of nitrogens with zero attached hydrogens (tertiary/aromatic N) is 1. The molecule has 94 valence electrons. The van der Waals surface area contributed by atoms with Gasteiger partial charge in [-0.1, -0.05) is 6.07 Å². The highest BCUT2D eigenvalue weighted by atomic mass is 16.5. The number of carbonyl (C=O) groups is 1. The molecule has 17 heavy (non-hydrogen) atoms. The van der Waals surface area contributed by atoms with Crippen LogP contribution < -0.4 is 0 Å². The normalized spacial score (nSPS) is 11.3. The average molecular weight is 235 g/mol. The molecule has 3 heteroatoms. The van der Waals surface area contributed by atoms with Crippen LogP contribution in [0, 0.1) is 12.3 Å². The molecule has 0 aromatic carbocycles. The highest BCUT2D eigenvalue weighted by Crippen LogP contribution is 2.15. The number of esters is 1. The molecular formula is C14H21NO2. The molecule has 1 aromatic heterocycles. The molecule has 0 saturated carbocycles. The van der Waals surface area contributed by atoms with Gasteiger partial charge >= 0.3 is 5.97 Å². The zero-order chi connectivity index (χ0) is 12.9. The summed E-state index contributed by atoms with van der Waals surface area (Å²) in [5.74, 6) is -0.144. The van der Waals surface area contributed by atoms with E-state index < -0.39 is 5.41 Å². The maximum absolute atomic E-state index is 11.5. The molecule has 3 nitrogen and oxygen atoms in total. The van der Waals surface area contributed by atoms with Gasteiger partial charge in [0.1, 0.15) is 0 Å². The predicted molar refractivity (Wildman–Crippen MR) is 67.7 cm³/mol. The van der Waals surface area contributed by atoms with Crippen molar-refractivity contribution in [3.05, 3.63) is 29.6 Å².